The minimum atomic E-state index is -0.125. The van der Waals surface area contributed by atoms with E-state index in [-0.39, 0.29) is 24.3 Å². The Labute approximate surface area is 162 Å². The van der Waals surface area contributed by atoms with E-state index >= 15 is 0 Å². The van der Waals surface area contributed by atoms with E-state index in [1.807, 2.05) is 42.6 Å². The Balaban J connectivity index is 1.32. The van der Waals surface area contributed by atoms with Crippen molar-refractivity contribution >= 4 is 34.3 Å². The van der Waals surface area contributed by atoms with Gasteiger partial charge in [0.1, 0.15) is 0 Å². The molecule has 0 spiro atoms. The highest BCUT2D eigenvalue weighted by Crippen LogP contribution is 2.18. The number of amides is 3. The normalized spacial score (nSPS) is 14.1. The number of carbonyl (C=O) groups excluding carboxylic acids is 3. The zero-order valence-corrected chi connectivity index (χ0v) is 15.4. The summed E-state index contributed by atoms with van der Waals surface area (Å²) >= 11 is 0. The monoisotopic (exact) mass is 375 g/mol. The number of aryl methyl sites for hydroxylation is 1. The van der Waals surface area contributed by atoms with E-state index in [1.165, 1.54) is 4.90 Å². The quantitative estimate of drug-likeness (QED) is 0.672. The van der Waals surface area contributed by atoms with Crippen LogP contribution in [0.2, 0.25) is 0 Å². The number of carbonyl (C=O) groups is 3. The lowest BCUT2D eigenvalue weighted by Gasteiger charge is -2.14. The first-order chi connectivity index (χ1) is 13.6. The molecule has 142 valence electrons. The topological polar surface area (TPSA) is 71.4 Å². The first-order valence-corrected chi connectivity index (χ1v) is 9.36. The SMILES string of the molecule is O=C(CCn1ccc2ccccc21)Nc1ccc(CN2C(=O)CCC2=O)cc1. The highest BCUT2D eigenvalue weighted by atomic mass is 16.2. The molecule has 6 nitrogen and oxygen atoms in total. The molecule has 4 rings (SSSR count). The second-order valence-corrected chi connectivity index (χ2v) is 6.94. The molecule has 6 heteroatoms. The summed E-state index contributed by atoms with van der Waals surface area (Å²) in [6.07, 6.45) is 2.96. The van der Waals surface area contributed by atoms with Gasteiger partial charge in [-0.05, 0) is 35.2 Å². The summed E-state index contributed by atoms with van der Waals surface area (Å²) < 4.78 is 2.07. The fraction of sp³-hybridized carbons (Fsp3) is 0.227. The number of imide groups is 1. The Morgan fingerprint density at radius 1 is 0.929 bits per heavy atom. The smallest absolute Gasteiger partial charge is 0.229 e. The maximum Gasteiger partial charge on any atom is 0.229 e. The van der Waals surface area contributed by atoms with Crippen LogP contribution in [0.1, 0.15) is 24.8 Å². The first-order valence-electron chi connectivity index (χ1n) is 9.36. The van der Waals surface area contributed by atoms with E-state index in [1.54, 1.807) is 12.1 Å². The number of para-hydroxylation sites is 1. The van der Waals surface area contributed by atoms with Crippen molar-refractivity contribution in [2.75, 3.05) is 5.32 Å². The number of aromatic nitrogens is 1. The van der Waals surface area contributed by atoms with Crippen LogP contribution in [0, 0.1) is 0 Å². The predicted octanol–water partition coefficient (Wildman–Crippen LogP) is 3.32. The van der Waals surface area contributed by atoms with Gasteiger partial charge in [-0.2, -0.15) is 0 Å². The largest absolute Gasteiger partial charge is 0.347 e. The molecule has 1 aromatic heterocycles. The fourth-order valence-electron chi connectivity index (χ4n) is 3.46. The van der Waals surface area contributed by atoms with Crippen LogP contribution in [-0.2, 0) is 27.5 Å². The number of benzene rings is 2. The number of fused-ring (bicyclic) bond motifs is 1. The van der Waals surface area contributed by atoms with Gasteiger partial charge in [0.15, 0.2) is 0 Å². The molecule has 2 heterocycles. The van der Waals surface area contributed by atoms with Crippen molar-refractivity contribution in [2.45, 2.75) is 32.4 Å². The van der Waals surface area contributed by atoms with Gasteiger partial charge in [-0.25, -0.2) is 0 Å². The molecule has 0 atom stereocenters. The molecule has 2 aromatic carbocycles. The molecule has 3 aromatic rings. The number of hydrogen-bond acceptors (Lipinski definition) is 3. The van der Waals surface area contributed by atoms with Gasteiger partial charge in [0.2, 0.25) is 17.7 Å². The average molecular weight is 375 g/mol. The zero-order chi connectivity index (χ0) is 19.5. The number of nitrogens with one attached hydrogen (secondary N) is 1. The molecule has 0 bridgehead atoms. The molecule has 0 saturated carbocycles. The fourth-order valence-corrected chi connectivity index (χ4v) is 3.46. The molecule has 1 aliphatic heterocycles. The van der Waals surface area contributed by atoms with Gasteiger partial charge in [-0.15, -0.1) is 0 Å². The Hall–Kier alpha value is -3.41. The summed E-state index contributed by atoms with van der Waals surface area (Å²) in [7, 11) is 0. The van der Waals surface area contributed by atoms with E-state index in [0.717, 1.165) is 16.5 Å². The van der Waals surface area contributed by atoms with Crippen LogP contribution in [-0.4, -0.2) is 27.2 Å². The van der Waals surface area contributed by atoms with E-state index in [0.29, 0.717) is 31.5 Å². The Kier molecular flexibility index (Phi) is 4.93. The van der Waals surface area contributed by atoms with E-state index < -0.39 is 0 Å². The van der Waals surface area contributed by atoms with Crippen LogP contribution in [0.3, 0.4) is 0 Å². The number of nitrogens with zero attached hydrogens (tertiary/aromatic N) is 2. The van der Waals surface area contributed by atoms with Crippen LogP contribution in [0.15, 0.2) is 60.8 Å². The Bertz CT molecular complexity index is 1020. The minimum absolute atomic E-state index is 0.0598. The molecule has 28 heavy (non-hydrogen) atoms. The van der Waals surface area contributed by atoms with Gasteiger partial charge in [-0.1, -0.05) is 30.3 Å². The van der Waals surface area contributed by atoms with Gasteiger partial charge in [0, 0.05) is 43.2 Å². The maximum atomic E-state index is 12.3. The number of hydrogen-bond donors (Lipinski definition) is 1. The van der Waals surface area contributed by atoms with Gasteiger partial charge in [0.05, 0.1) is 6.54 Å². The van der Waals surface area contributed by atoms with Crippen LogP contribution < -0.4 is 5.32 Å². The lowest BCUT2D eigenvalue weighted by atomic mass is 10.2. The summed E-state index contributed by atoms with van der Waals surface area (Å²) in [6, 6.07) is 17.4. The Morgan fingerprint density at radius 2 is 1.64 bits per heavy atom. The summed E-state index contributed by atoms with van der Waals surface area (Å²) in [6.45, 7) is 0.892. The third kappa shape index (κ3) is 3.81. The third-order valence-corrected chi connectivity index (χ3v) is 4.99. The van der Waals surface area contributed by atoms with Crippen molar-refractivity contribution < 1.29 is 14.4 Å². The average Bonchev–Trinajstić information content (AvgIpc) is 3.26. The lowest BCUT2D eigenvalue weighted by molar-refractivity contribution is -0.139. The van der Waals surface area contributed by atoms with Crippen molar-refractivity contribution in [3.8, 4) is 0 Å². The van der Waals surface area contributed by atoms with Crippen LogP contribution >= 0.6 is 0 Å². The van der Waals surface area contributed by atoms with Crippen molar-refractivity contribution in [2.24, 2.45) is 0 Å². The molecule has 3 amide bonds. The minimum Gasteiger partial charge on any atom is -0.347 e. The van der Waals surface area contributed by atoms with E-state index in [4.69, 9.17) is 0 Å². The van der Waals surface area contributed by atoms with Gasteiger partial charge < -0.3 is 9.88 Å². The second-order valence-electron chi connectivity index (χ2n) is 6.94. The molecule has 1 N–H and O–H groups in total. The van der Waals surface area contributed by atoms with Crippen LogP contribution in [0.4, 0.5) is 5.69 Å². The highest BCUT2D eigenvalue weighted by molar-refractivity contribution is 6.01. The molecule has 0 aliphatic carbocycles. The predicted molar refractivity (Wildman–Crippen MR) is 106 cm³/mol. The molecular weight excluding hydrogens is 354 g/mol. The van der Waals surface area contributed by atoms with Crippen molar-refractivity contribution in [3.63, 3.8) is 0 Å². The van der Waals surface area contributed by atoms with Crippen LogP contribution in [0.5, 0.6) is 0 Å². The molecule has 1 fully saturated rings. The standard InChI is InChI=1S/C22H21N3O3/c26-20(12-14-24-13-11-17-3-1-2-4-19(17)24)23-18-7-5-16(6-8-18)15-25-21(27)9-10-22(25)28/h1-8,11,13H,9-10,12,14-15H2,(H,23,26). The summed E-state index contributed by atoms with van der Waals surface area (Å²) in [5.74, 6) is -0.310. The second kappa shape index (κ2) is 7.68. The van der Waals surface area contributed by atoms with Crippen molar-refractivity contribution in [1.82, 2.24) is 9.47 Å². The molecule has 0 radical (unpaired) electrons. The number of rotatable bonds is 6. The lowest BCUT2D eigenvalue weighted by Crippen LogP contribution is -2.28. The zero-order valence-electron chi connectivity index (χ0n) is 15.4. The highest BCUT2D eigenvalue weighted by Gasteiger charge is 2.28. The van der Waals surface area contributed by atoms with Crippen molar-refractivity contribution in [3.05, 3.63) is 66.4 Å². The number of likely N-dealkylation sites (tertiary alicyclic amines) is 1. The third-order valence-electron chi connectivity index (χ3n) is 4.99. The molecule has 0 unspecified atom stereocenters. The van der Waals surface area contributed by atoms with Gasteiger partial charge >= 0.3 is 0 Å². The van der Waals surface area contributed by atoms with Crippen molar-refractivity contribution in [1.29, 1.82) is 0 Å². The molecule has 1 aliphatic rings. The summed E-state index contributed by atoms with van der Waals surface area (Å²) in [5, 5.41) is 4.05. The number of anilines is 1. The summed E-state index contributed by atoms with van der Waals surface area (Å²) in [5.41, 5.74) is 2.68. The first kappa shape index (κ1) is 18.0. The summed E-state index contributed by atoms with van der Waals surface area (Å²) in [4.78, 5) is 37.0. The van der Waals surface area contributed by atoms with Gasteiger partial charge in [-0.3, -0.25) is 19.3 Å². The van der Waals surface area contributed by atoms with E-state index in [9.17, 15) is 14.4 Å². The maximum absolute atomic E-state index is 12.3. The molecular formula is C22H21N3O3. The Morgan fingerprint density at radius 3 is 2.39 bits per heavy atom. The van der Waals surface area contributed by atoms with Crippen LogP contribution in [0.25, 0.3) is 10.9 Å². The van der Waals surface area contributed by atoms with E-state index in [2.05, 4.69) is 16.0 Å². The van der Waals surface area contributed by atoms with Gasteiger partial charge in [0.25, 0.3) is 0 Å². The molecule has 1 saturated heterocycles.